The summed E-state index contributed by atoms with van der Waals surface area (Å²) in [6.45, 7) is 9.82. The number of hydrogen-bond donors (Lipinski definition) is 0. The topological polar surface area (TPSA) is 12.5 Å². The summed E-state index contributed by atoms with van der Waals surface area (Å²) >= 11 is 3.52. The molecule has 3 unspecified atom stereocenters. The van der Waals surface area contributed by atoms with Gasteiger partial charge in [-0.05, 0) is 19.8 Å². The lowest BCUT2D eigenvalue weighted by atomic mass is 10.1. The van der Waals surface area contributed by atoms with Crippen LogP contribution in [-0.4, -0.2) is 42.1 Å². The first-order valence-corrected chi connectivity index (χ1v) is 6.17. The van der Waals surface area contributed by atoms with Crippen molar-refractivity contribution in [2.24, 2.45) is 5.92 Å². The lowest BCUT2D eigenvalue weighted by molar-refractivity contribution is -0.0525. The Morgan fingerprint density at radius 1 is 1.54 bits per heavy atom. The minimum Gasteiger partial charge on any atom is -0.376 e. The summed E-state index contributed by atoms with van der Waals surface area (Å²) in [5.74, 6) is 0.729. The molecule has 0 bridgehead atoms. The third-order valence-corrected chi connectivity index (χ3v) is 3.65. The van der Waals surface area contributed by atoms with Crippen LogP contribution in [-0.2, 0) is 4.74 Å². The quantitative estimate of drug-likeness (QED) is 0.711. The van der Waals surface area contributed by atoms with Crippen molar-refractivity contribution in [3.05, 3.63) is 0 Å². The summed E-state index contributed by atoms with van der Waals surface area (Å²) in [5, 5.41) is 1.09. The van der Waals surface area contributed by atoms with Gasteiger partial charge in [-0.1, -0.05) is 22.9 Å². The molecule has 0 saturated carbocycles. The summed E-state index contributed by atoms with van der Waals surface area (Å²) in [6.07, 6.45) is 0.402. The number of morpholine rings is 1. The van der Waals surface area contributed by atoms with Crippen LogP contribution >= 0.6 is 15.9 Å². The Morgan fingerprint density at radius 2 is 2.23 bits per heavy atom. The first-order valence-electron chi connectivity index (χ1n) is 5.05. The molecule has 78 valence electrons. The minimum atomic E-state index is 0.402. The molecule has 0 aromatic rings. The van der Waals surface area contributed by atoms with Gasteiger partial charge in [0.15, 0.2) is 0 Å². The molecule has 0 aromatic heterocycles. The SMILES string of the molecule is CC(CBr)CN1CC(C)OCC1C. The number of alkyl halides is 1. The van der Waals surface area contributed by atoms with Crippen molar-refractivity contribution >= 4 is 15.9 Å². The van der Waals surface area contributed by atoms with E-state index in [1.807, 2.05) is 0 Å². The number of hydrogen-bond acceptors (Lipinski definition) is 2. The van der Waals surface area contributed by atoms with Gasteiger partial charge in [0.1, 0.15) is 0 Å². The van der Waals surface area contributed by atoms with Gasteiger partial charge in [-0.3, -0.25) is 4.90 Å². The monoisotopic (exact) mass is 249 g/mol. The fraction of sp³-hybridized carbons (Fsp3) is 1.00. The van der Waals surface area contributed by atoms with E-state index < -0.39 is 0 Å². The molecule has 1 saturated heterocycles. The van der Waals surface area contributed by atoms with E-state index in [4.69, 9.17) is 4.74 Å². The van der Waals surface area contributed by atoms with Crippen LogP contribution in [0.1, 0.15) is 20.8 Å². The summed E-state index contributed by atoms with van der Waals surface area (Å²) < 4.78 is 5.58. The molecule has 0 aromatic carbocycles. The Morgan fingerprint density at radius 3 is 2.85 bits per heavy atom. The maximum absolute atomic E-state index is 5.58. The molecular formula is C10H20BrNO. The Balaban J connectivity index is 2.37. The lowest BCUT2D eigenvalue weighted by Gasteiger charge is -2.37. The molecule has 3 heteroatoms. The average molecular weight is 250 g/mol. The van der Waals surface area contributed by atoms with Gasteiger partial charge in [0, 0.05) is 24.5 Å². The molecule has 1 heterocycles. The van der Waals surface area contributed by atoms with Crippen LogP contribution < -0.4 is 0 Å². The molecule has 2 nitrogen and oxygen atoms in total. The predicted octanol–water partition coefficient (Wildman–Crippen LogP) is 2.13. The Hall–Kier alpha value is 0.400. The fourth-order valence-corrected chi connectivity index (χ4v) is 1.88. The van der Waals surface area contributed by atoms with E-state index in [-0.39, 0.29) is 0 Å². The number of rotatable bonds is 3. The van der Waals surface area contributed by atoms with Crippen molar-refractivity contribution in [1.29, 1.82) is 0 Å². The Labute approximate surface area is 89.8 Å². The molecule has 0 spiro atoms. The Kier molecular flexibility index (Phi) is 4.70. The molecule has 1 aliphatic heterocycles. The number of halogens is 1. The van der Waals surface area contributed by atoms with Crippen LogP contribution in [0.25, 0.3) is 0 Å². The van der Waals surface area contributed by atoms with E-state index in [0.29, 0.717) is 12.1 Å². The van der Waals surface area contributed by atoms with E-state index in [1.54, 1.807) is 0 Å². The zero-order chi connectivity index (χ0) is 9.84. The van der Waals surface area contributed by atoms with Gasteiger partial charge >= 0.3 is 0 Å². The van der Waals surface area contributed by atoms with Crippen molar-refractivity contribution < 1.29 is 4.74 Å². The minimum absolute atomic E-state index is 0.402. The molecule has 1 aliphatic rings. The smallest absolute Gasteiger partial charge is 0.0674 e. The summed E-state index contributed by atoms with van der Waals surface area (Å²) in [7, 11) is 0. The highest BCUT2D eigenvalue weighted by molar-refractivity contribution is 9.09. The van der Waals surface area contributed by atoms with Gasteiger partial charge in [0.05, 0.1) is 12.7 Å². The van der Waals surface area contributed by atoms with E-state index in [9.17, 15) is 0 Å². The van der Waals surface area contributed by atoms with Crippen LogP contribution in [0.15, 0.2) is 0 Å². The molecule has 3 atom stereocenters. The molecule has 1 rings (SSSR count). The molecular weight excluding hydrogens is 230 g/mol. The maximum Gasteiger partial charge on any atom is 0.0674 e. The highest BCUT2D eigenvalue weighted by Gasteiger charge is 2.23. The zero-order valence-electron chi connectivity index (χ0n) is 8.79. The van der Waals surface area contributed by atoms with Crippen molar-refractivity contribution in [2.45, 2.75) is 32.9 Å². The van der Waals surface area contributed by atoms with Crippen molar-refractivity contribution in [2.75, 3.05) is 25.0 Å². The summed E-state index contributed by atoms with van der Waals surface area (Å²) in [5.41, 5.74) is 0. The maximum atomic E-state index is 5.58. The van der Waals surface area contributed by atoms with Gasteiger partial charge in [0.2, 0.25) is 0 Å². The number of nitrogens with zero attached hydrogens (tertiary/aromatic N) is 1. The molecule has 13 heavy (non-hydrogen) atoms. The highest BCUT2D eigenvalue weighted by atomic mass is 79.9. The third-order valence-electron chi connectivity index (χ3n) is 2.55. The van der Waals surface area contributed by atoms with Crippen LogP contribution in [0.3, 0.4) is 0 Å². The standard InChI is InChI=1S/C10H20BrNO/c1-8(4-11)5-12-6-10(3)13-7-9(12)2/h8-10H,4-7H2,1-3H3. The second-order valence-corrected chi connectivity index (χ2v) is 4.85. The second-order valence-electron chi connectivity index (χ2n) is 4.21. The highest BCUT2D eigenvalue weighted by Crippen LogP contribution is 2.14. The molecule has 0 N–H and O–H groups in total. The first kappa shape index (κ1) is 11.5. The number of ether oxygens (including phenoxy) is 1. The van der Waals surface area contributed by atoms with Gasteiger partial charge in [-0.25, -0.2) is 0 Å². The van der Waals surface area contributed by atoms with Gasteiger partial charge in [-0.2, -0.15) is 0 Å². The Bertz CT molecular complexity index is 154. The van der Waals surface area contributed by atoms with E-state index in [2.05, 4.69) is 41.6 Å². The summed E-state index contributed by atoms with van der Waals surface area (Å²) in [6, 6.07) is 0.581. The van der Waals surface area contributed by atoms with Crippen LogP contribution in [0.2, 0.25) is 0 Å². The predicted molar refractivity (Wildman–Crippen MR) is 59.4 cm³/mol. The van der Waals surface area contributed by atoms with E-state index in [1.165, 1.54) is 6.54 Å². The van der Waals surface area contributed by atoms with Crippen molar-refractivity contribution in [3.8, 4) is 0 Å². The van der Waals surface area contributed by atoms with Crippen molar-refractivity contribution in [3.63, 3.8) is 0 Å². The fourth-order valence-electron chi connectivity index (χ4n) is 1.68. The van der Waals surface area contributed by atoms with Crippen molar-refractivity contribution in [1.82, 2.24) is 4.90 Å². The van der Waals surface area contributed by atoms with Crippen LogP contribution in [0.4, 0.5) is 0 Å². The van der Waals surface area contributed by atoms with Crippen LogP contribution in [0, 0.1) is 5.92 Å². The average Bonchev–Trinajstić information content (AvgIpc) is 2.11. The molecule has 0 radical (unpaired) electrons. The molecule has 1 fully saturated rings. The van der Waals surface area contributed by atoms with Crippen LogP contribution in [0.5, 0.6) is 0 Å². The molecule has 0 aliphatic carbocycles. The third kappa shape index (κ3) is 3.56. The normalized spacial score (nSPS) is 33.2. The van der Waals surface area contributed by atoms with E-state index >= 15 is 0 Å². The van der Waals surface area contributed by atoms with Gasteiger partial charge in [-0.15, -0.1) is 0 Å². The van der Waals surface area contributed by atoms with E-state index in [0.717, 1.165) is 24.4 Å². The van der Waals surface area contributed by atoms with Gasteiger partial charge in [0.25, 0.3) is 0 Å². The first-order chi connectivity index (χ1) is 6.13. The second kappa shape index (κ2) is 5.32. The lowest BCUT2D eigenvalue weighted by Crippen LogP contribution is -2.48. The zero-order valence-corrected chi connectivity index (χ0v) is 10.4. The summed E-state index contributed by atoms with van der Waals surface area (Å²) in [4.78, 5) is 2.53. The van der Waals surface area contributed by atoms with Gasteiger partial charge < -0.3 is 4.74 Å². The largest absolute Gasteiger partial charge is 0.376 e. The molecule has 0 amide bonds.